The average molecular weight is 265 g/mol. The van der Waals surface area contributed by atoms with Gasteiger partial charge in [0.15, 0.2) is 0 Å². The first-order valence-electron chi connectivity index (χ1n) is 5.62. The molecule has 0 aliphatic heterocycles. The maximum absolute atomic E-state index is 12.4. The molecule has 0 amide bonds. The fourth-order valence-corrected chi connectivity index (χ4v) is 1.61. The molecule has 2 nitrogen and oxygen atoms in total. The first-order valence-corrected chi connectivity index (χ1v) is 5.62. The molecule has 0 saturated carbocycles. The Bertz CT molecular complexity index is 547. The largest absolute Gasteiger partial charge is 0.416 e. The van der Waals surface area contributed by atoms with E-state index >= 15 is 0 Å². The topological polar surface area (TPSA) is 38.0 Å². The van der Waals surface area contributed by atoms with Crippen LogP contribution in [0.4, 0.5) is 24.5 Å². The van der Waals surface area contributed by atoms with Gasteiger partial charge in [-0.3, -0.25) is 0 Å². The van der Waals surface area contributed by atoms with E-state index < -0.39 is 11.7 Å². The molecule has 0 atom stereocenters. The molecule has 2 rings (SSSR count). The van der Waals surface area contributed by atoms with Crippen LogP contribution in [0.2, 0.25) is 0 Å². The van der Waals surface area contributed by atoms with Gasteiger partial charge in [0.25, 0.3) is 0 Å². The predicted octanol–water partition coefficient (Wildman–Crippen LogP) is 3.70. The maximum atomic E-state index is 12.4. The van der Waals surface area contributed by atoms with Gasteiger partial charge in [-0.1, -0.05) is 12.1 Å². The van der Waals surface area contributed by atoms with Crippen LogP contribution in [0.25, 0.3) is 0 Å². The Kier molecular flexibility index (Phi) is 3.64. The van der Waals surface area contributed by atoms with E-state index in [0.717, 1.165) is 23.4 Å². The number of benzene rings is 2. The van der Waals surface area contributed by atoms with Crippen molar-refractivity contribution in [3.63, 3.8) is 0 Å². The Labute approximate surface area is 109 Å². The number of alkyl halides is 3. The van der Waals surface area contributed by atoms with E-state index in [1.165, 1.54) is 12.1 Å². The smallest absolute Gasteiger partial charge is 0.399 e. The lowest BCUT2D eigenvalue weighted by atomic mass is 10.1. The second kappa shape index (κ2) is 5.22. The van der Waals surface area contributed by atoms with E-state index in [2.05, 4.69) is 11.4 Å². The molecule has 0 spiro atoms. The van der Waals surface area contributed by atoms with E-state index in [1.807, 2.05) is 0 Å². The van der Waals surface area contributed by atoms with Crippen LogP contribution in [-0.2, 0) is 12.7 Å². The van der Waals surface area contributed by atoms with Crippen molar-refractivity contribution in [2.75, 3.05) is 11.1 Å². The minimum absolute atomic E-state index is 0.426. The fraction of sp³-hybridized carbons (Fsp3) is 0.143. The van der Waals surface area contributed by atoms with Crippen LogP contribution in [0.1, 0.15) is 11.1 Å². The molecule has 5 heteroatoms. The lowest BCUT2D eigenvalue weighted by molar-refractivity contribution is -0.137. The van der Waals surface area contributed by atoms with Gasteiger partial charge in [-0.2, -0.15) is 13.2 Å². The third-order valence-electron chi connectivity index (χ3n) is 2.59. The standard InChI is InChI=1S/C14H12F3N2/c15-14(16,17)11-6-4-10(5-7-11)9-19-13-3-1-2-12(18)8-13/h2-8,19H,9,18H2. The highest BCUT2D eigenvalue weighted by Gasteiger charge is 2.29. The molecule has 2 aromatic carbocycles. The average Bonchev–Trinajstić information content (AvgIpc) is 2.36. The van der Waals surface area contributed by atoms with E-state index in [0.29, 0.717) is 12.2 Å². The summed E-state index contributed by atoms with van der Waals surface area (Å²) in [5, 5.41) is 3.07. The summed E-state index contributed by atoms with van der Waals surface area (Å²) in [5.74, 6) is 0. The first kappa shape index (κ1) is 13.3. The Morgan fingerprint density at radius 1 is 1.11 bits per heavy atom. The molecule has 19 heavy (non-hydrogen) atoms. The highest BCUT2D eigenvalue weighted by Crippen LogP contribution is 2.29. The third-order valence-corrected chi connectivity index (χ3v) is 2.59. The van der Waals surface area contributed by atoms with Gasteiger partial charge >= 0.3 is 6.18 Å². The first-order chi connectivity index (χ1) is 8.95. The summed E-state index contributed by atoms with van der Waals surface area (Å²) < 4.78 is 37.1. The number of halogens is 3. The van der Waals surface area contributed by atoms with Gasteiger partial charge in [-0.05, 0) is 42.0 Å². The van der Waals surface area contributed by atoms with E-state index in [4.69, 9.17) is 5.73 Å². The number of hydrogen-bond donors (Lipinski definition) is 2. The molecule has 3 N–H and O–H groups in total. The molecule has 0 aromatic heterocycles. The highest BCUT2D eigenvalue weighted by molar-refractivity contribution is 5.53. The molecule has 0 aliphatic carbocycles. The summed E-state index contributed by atoms with van der Waals surface area (Å²) in [6.45, 7) is 0.426. The van der Waals surface area contributed by atoms with Crippen molar-refractivity contribution in [1.29, 1.82) is 0 Å². The number of nitrogens with one attached hydrogen (secondary N) is 1. The number of anilines is 2. The zero-order valence-corrected chi connectivity index (χ0v) is 9.96. The molecule has 0 heterocycles. The Balaban J connectivity index is 2.01. The second-order valence-electron chi connectivity index (χ2n) is 4.10. The van der Waals surface area contributed by atoms with E-state index in [-0.39, 0.29) is 0 Å². The van der Waals surface area contributed by atoms with Crippen molar-refractivity contribution in [3.8, 4) is 0 Å². The van der Waals surface area contributed by atoms with Crippen molar-refractivity contribution >= 4 is 11.4 Å². The minimum Gasteiger partial charge on any atom is -0.399 e. The van der Waals surface area contributed by atoms with Crippen LogP contribution in [0.15, 0.2) is 42.5 Å². The van der Waals surface area contributed by atoms with Crippen LogP contribution in [0.3, 0.4) is 0 Å². The van der Waals surface area contributed by atoms with Crippen LogP contribution in [-0.4, -0.2) is 0 Å². The lowest BCUT2D eigenvalue weighted by Crippen LogP contribution is -2.05. The Morgan fingerprint density at radius 2 is 1.79 bits per heavy atom. The lowest BCUT2D eigenvalue weighted by Gasteiger charge is -2.09. The van der Waals surface area contributed by atoms with E-state index in [1.54, 1.807) is 18.2 Å². The van der Waals surface area contributed by atoms with Crippen molar-refractivity contribution in [2.45, 2.75) is 12.7 Å². The molecule has 0 saturated heterocycles. The normalized spacial score (nSPS) is 11.3. The predicted molar refractivity (Wildman–Crippen MR) is 68.5 cm³/mol. The molecule has 2 aromatic rings. The van der Waals surface area contributed by atoms with Gasteiger partial charge in [0.1, 0.15) is 0 Å². The molecule has 0 aliphatic rings. The van der Waals surface area contributed by atoms with Crippen LogP contribution >= 0.6 is 0 Å². The van der Waals surface area contributed by atoms with Crippen molar-refractivity contribution in [3.05, 3.63) is 59.7 Å². The number of rotatable bonds is 3. The summed E-state index contributed by atoms with van der Waals surface area (Å²) in [5.41, 5.74) is 7.07. The number of nitrogen functional groups attached to an aromatic ring is 1. The summed E-state index contributed by atoms with van der Waals surface area (Å²) in [6, 6.07) is 13.0. The van der Waals surface area contributed by atoms with Crippen LogP contribution in [0, 0.1) is 6.07 Å². The second-order valence-corrected chi connectivity index (χ2v) is 4.10. The monoisotopic (exact) mass is 265 g/mol. The van der Waals surface area contributed by atoms with Gasteiger partial charge in [-0.15, -0.1) is 0 Å². The molecular weight excluding hydrogens is 253 g/mol. The molecular formula is C14H12F3N2. The molecule has 0 unspecified atom stereocenters. The zero-order chi connectivity index (χ0) is 13.9. The van der Waals surface area contributed by atoms with Crippen molar-refractivity contribution in [1.82, 2.24) is 0 Å². The summed E-state index contributed by atoms with van der Waals surface area (Å²) >= 11 is 0. The highest BCUT2D eigenvalue weighted by atomic mass is 19.4. The zero-order valence-electron chi connectivity index (χ0n) is 9.96. The summed E-state index contributed by atoms with van der Waals surface area (Å²) in [6.07, 6.45) is -4.30. The van der Waals surface area contributed by atoms with Gasteiger partial charge in [0.2, 0.25) is 0 Å². The molecule has 1 radical (unpaired) electrons. The third kappa shape index (κ3) is 3.64. The molecule has 99 valence electrons. The van der Waals surface area contributed by atoms with Crippen LogP contribution < -0.4 is 11.1 Å². The number of hydrogen-bond acceptors (Lipinski definition) is 2. The quantitative estimate of drug-likeness (QED) is 0.830. The number of nitrogens with two attached hydrogens (primary N) is 1. The SMILES string of the molecule is Nc1c[c]cc(NCc2ccc(C(F)(F)F)cc2)c1. The van der Waals surface area contributed by atoms with Gasteiger partial charge in [-0.25, -0.2) is 0 Å². The van der Waals surface area contributed by atoms with Crippen molar-refractivity contribution in [2.24, 2.45) is 0 Å². The molecule has 0 bridgehead atoms. The molecule has 0 fully saturated rings. The van der Waals surface area contributed by atoms with Crippen molar-refractivity contribution < 1.29 is 13.2 Å². The Hall–Kier alpha value is -2.17. The van der Waals surface area contributed by atoms with Gasteiger partial charge in [0.05, 0.1) is 5.56 Å². The minimum atomic E-state index is -4.30. The maximum Gasteiger partial charge on any atom is 0.416 e. The van der Waals surface area contributed by atoms with Crippen LogP contribution in [0.5, 0.6) is 0 Å². The summed E-state index contributed by atoms with van der Waals surface area (Å²) in [4.78, 5) is 0. The van der Waals surface area contributed by atoms with E-state index in [9.17, 15) is 13.2 Å². The summed E-state index contributed by atoms with van der Waals surface area (Å²) in [7, 11) is 0. The Morgan fingerprint density at radius 3 is 2.37 bits per heavy atom. The fourth-order valence-electron chi connectivity index (χ4n) is 1.61. The van der Waals surface area contributed by atoms with Gasteiger partial charge < -0.3 is 11.1 Å². The van der Waals surface area contributed by atoms with Gasteiger partial charge in [0, 0.05) is 17.9 Å².